The van der Waals surface area contributed by atoms with Crippen LogP contribution >= 0.6 is 11.6 Å². The maximum absolute atomic E-state index is 5.91. The predicted molar refractivity (Wildman–Crippen MR) is 84.1 cm³/mol. The fourth-order valence-electron chi connectivity index (χ4n) is 2.74. The van der Waals surface area contributed by atoms with Crippen LogP contribution in [0.3, 0.4) is 0 Å². The minimum atomic E-state index is 0.279. The third-order valence-corrected chi connectivity index (χ3v) is 3.65. The number of hydrogen-bond acceptors (Lipinski definition) is 1. The number of nitrogens with one attached hydrogen (secondary N) is 1. The summed E-state index contributed by atoms with van der Waals surface area (Å²) in [7, 11) is 0. The van der Waals surface area contributed by atoms with Crippen molar-refractivity contribution in [1.82, 2.24) is 0 Å². The summed E-state index contributed by atoms with van der Waals surface area (Å²) in [6.07, 6.45) is 0. The zero-order valence-electron chi connectivity index (χ0n) is 11.9. The van der Waals surface area contributed by atoms with Crippen molar-refractivity contribution in [3.63, 3.8) is 0 Å². The summed E-state index contributed by atoms with van der Waals surface area (Å²) in [6, 6.07) is 12.6. The van der Waals surface area contributed by atoms with Gasteiger partial charge in [-0.25, -0.2) is 0 Å². The third kappa shape index (κ3) is 3.30. The smallest absolute Gasteiger partial charge is 0.0490 e. The first-order valence-corrected chi connectivity index (χ1v) is 6.95. The number of halogens is 1. The van der Waals surface area contributed by atoms with Gasteiger partial charge >= 0.3 is 0 Å². The van der Waals surface area contributed by atoms with Crippen LogP contribution in [0, 0.1) is 20.8 Å². The van der Waals surface area contributed by atoms with Crippen molar-refractivity contribution in [2.75, 3.05) is 5.32 Å². The molecule has 1 unspecified atom stereocenters. The topological polar surface area (TPSA) is 12.0 Å². The summed E-state index contributed by atoms with van der Waals surface area (Å²) >= 11 is 5.91. The molecule has 19 heavy (non-hydrogen) atoms. The van der Waals surface area contributed by atoms with E-state index in [9.17, 15) is 0 Å². The minimum Gasteiger partial charge on any atom is -0.378 e. The lowest BCUT2D eigenvalue weighted by Crippen LogP contribution is -2.10. The molecule has 0 fully saturated rings. The SMILES string of the molecule is Cc1cc(C)c(C(C)Nc2ccc(Cl)cc2)c(C)c1. The molecular formula is C17H20ClN. The van der Waals surface area contributed by atoms with E-state index in [0.717, 1.165) is 10.7 Å². The quantitative estimate of drug-likeness (QED) is 0.785. The highest BCUT2D eigenvalue weighted by Crippen LogP contribution is 2.26. The summed E-state index contributed by atoms with van der Waals surface area (Å²) in [4.78, 5) is 0. The molecule has 0 amide bonds. The Morgan fingerprint density at radius 2 is 1.47 bits per heavy atom. The number of hydrogen-bond donors (Lipinski definition) is 1. The van der Waals surface area contributed by atoms with E-state index in [-0.39, 0.29) is 6.04 Å². The van der Waals surface area contributed by atoms with Crippen LogP contribution in [0.5, 0.6) is 0 Å². The second-order valence-corrected chi connectivity index (χ2v) is 5.62. The van der Waals surface area contributed by atoms with Crippen LogP contribution in [0.15, 0.2) is 36.4 Å². The van der Waals surface area contributed by atoms with Gasteiger partial charge in [-0.1, -0.05) is 29.3 Å². The van der Waals surface area contributed by atoms with E-state index in [2.05, 4.69) is 45.1 Å². The first-order valence-electron chi connectivity index (χ1n) is 6.57. The van der Waals surface area contributed by atoms with Crippen LogP contribution < -0.4 is 5.32 Å². The van der Waals surface area contributed by atoms with Crippen molar-refractivity contribution < 1.29 is 0 Å². The number of benzene rings is 2. The molecule has 2 aromatic rings. The first-order chi connectivity index (χ1) is 8.97. The zero-order valence-corrected chi connectivity index (χ0v) is 12.7. The summed E-state index contributed by atoms with van der Waals surface area (Å²) in [5, 5.41) is 4.29. The van der Waals surface area contributed by atoms with Gasteiger partial charge in [0.25, 0.3) is 0 Å². The van der Waals surface area contributed by atoms with Crippen LogP contribution in [0.1, 0.15) is 35.2 Å². The first kappa shape index (κ1) is 14.0. The highest BCUT2D eigenvalue weighted by Gasteiger charge is 2.11. The van der Waals surface area contributed by atoms with Gasteiger partial charge in [0.15, 0.2) is 0 Å². The van der Waals surface area contributed by atoms with Crippen LogP contribution in [-0.2, 0) is 0 Å². The molecular weight excluding hydrogens is 254 g/mol. The van der Waals surface area contributed by atoms with Crippen molar-refractivity contribution in [1.29, 1.82) is 0 Å². The van der Waals surface area contributed by atoms with Crippen LogP contribution in [0.25, 0.3) is 0 Å². The molecule has 0 aliphatic carbocycles. The number of aryl methyl sites for hydroxylation is 3. The van der Waals surface area contributed by atoms with Gasteiger partial charge in [-0.05, 0) is 68.7 Å². The van der Waals surface area contributed by atoms with Crippen molar-refractivity contribution >= 4 is 17.3 Å². The van der Waals surface area contributed by atoms with E-state index in [1.807, 2.05) is 24.3 Å². The molecule has 0 saturated heterocycles. The van der Waals surface area contributed by atoms with E-state index >= 15 is 0 Å². The fraction of sp³-hybridized carbons (Fsp3) is 0.294. The molecule has 0 aliphatic rings. The summed E-state index contributed by atoms with van der Waals surface area (Å²) in [5.74, 6) is 0. The van der Waals surface area contributed by atoms with E-state index < -0.39 is 0 Å². The van der Waals surface area contributed by atoms with Gasteiger partial charge < -0.3 is 5.32 Å². The second-order valence-electron chi connectivity index (χ2n) is 5.19. The lowest BCUT2D eigenvalue weighted by molar-refractivity contribution is 0.862. The van der Waals surface area contributed by atoms with E-state index in [4.69, 9.17) is 11.6 Å². The molecule has 1 N–H and O–H groups in total. The molecule has 0 aromatic heterocycles. The number of anilines is 1. The molecule has 0 saturated carbocycles. The van der Waals surface area contributed by atoms with Crippen molar-refractivity contribution in [3.8, 4) is 0 Å². The summed E-state index contributed by atoms with van der Waals surface area (Å²) in [5.41, 5.74) is 6.46. The summed E-state index contributed by atoms with van der Waals surface area (Å²) < 4.78 is 0. The average molecular weight is 274 g/mol. The van der Waals surface area contributed by atoms with Crippen LogP contribution in [-0.4, -0.2) is 0 Å². The lowest BCUT2D eigenvalue weighted by Gasteiger charge is -2.21. The maximum Gasteiger partial charge on any atom is 0.0490 e. The molecule has 0 bridgehead atoms. The van der Waals surface area contributed by atoms with E-state index in [0.29, 0.717) is 0 Å². The normalized spacial score (nSPS) is 12.3. The van der Waals surface area contributed by atoms with Gasteiger partial charge in [-0.3, -0.25) is 0 Å². The van der Waals surface area contributed by atoms with Crippen molar-refractivity contribution in [3.05, 3.63) is 63.7 Å². The third-order valence-electron chi connectivity index (χ3n) is 3.40. The van der Waals surface area contributed by atoms with Gasteiger partial charge in [0.05, 0.1) is 0 Å². The second kappa shape index (κ2) is 5.66. The molecule has 0 aliphatic heterocycles. The highest BCUT2D eigenvalue weighted by atomic mass is 35.5. The highest BCUT2D eigenvalue weighted by molar-refractivity contribution is 6.30. The van der Waals surface area contributed by atoms with E-state index in [1.165, 1.54) is 22.3 Å². The standard InChI is InChI=1S/C17H20ClN/c1-11-9-12(2)17(13(3)10-11)14(4)19-16-7-5-15(18)6-8-16/h5-10,14,19H,1-4H3. The summed E-state index contributed by atoms with van der Waals surface area (Å²) in [6.45, 7) is 8.69. The Morgan fingerprint density at radius 3 is 2.00 bits per heavy atom. The molecule has 1 nitrogen and oxygen atoms in total. The van der Waals surface area contributed by atoms with Crippen LogP contribution in [0.2, 0.25) is 5.02 Å². The molecule has 0 radical (unpaired) electrons. The predicted octanol–water partition coefficient (Wildman–Crippen LogP) is 5.44. The minimum absolute atomic E-state index is 0.279. The Hall–Kier alpha value is -1.47. The van der Waals surface area contributed by atoms with Crippen LogP contribution in [0.4, 0.5) is 5.69 Å². The largest absolute Gasteiger partial charge is 0.378 e. The van der Waals surface area contributed by atoms with Crippen molar-refractivity contribution in [2.24, 2.45) is 0 Å². The monoisotopic (exact) mass is 273 g/mol. The maximum atomic E-state index is 5.91. The molecule has 0 heterocycles. The van der Waals surface area contributed by atoms with Gasteiger partial charge in [-0.15, -0.1) is 0 Å². The van der Waals surface area contributed by atoms with Crippen molar-refractivity contribution in [2.45, 2.75) is 33.7 Å². The number of rotatable bonds is 3. The molecule has 1 atom stereocenters. The molecule has 2 heteroatoms. The molecule has 100 valence electrons. The van der Waals surface area contributed by atoms with Gasteiger partial charge in [-0.2, -0.15) is 0 Å². The fourth-order valence-corrected chi connectivity index (χ4v) is 2.87. The van der Waals surface area contributed by atoms with E-state index in [1.54, 1.807) is 0 Å². The van der Waals surface area contributed by atoms with Gasteiger partial charge in [0, 0.05) is 16.8 Å². The molecule has 2 rings (SSSR count). The Bertz CT molecular complexity index is 549. The zero-order chi connectivity index (χ0) is 14.0. The Morgan fingerprint density at radius 1 is 0.947 bits per heavy atom. The lowest BCUT2D eigenvalue weighted by atomic mass is 9.95. The van der Waals surface area contributed by atoms with Gasteiger partial charge in [0.2, 0.25) is 0 Å². The molecule has 2 aromatic carbocycles. The Kier molecular flexibility index (Phi) is 4.16. The van der Waals surface area contributed by atoms with Gasteiger partial charge in [0.1, 0.15) is 0 Å². The Labute approximate surface area is 120 Å². The molecule has 0 spiro atoms. The average Bonchev–Trinajstić information content (AvgIpc) is 2.30. The Balaban J connectivity index is 2.25.